The molecule has 3 N–H and O–H groups in total. The summed E-state index contributed by atoms with van der Waals surface area (Å²) in [5.41, 5.74) is 8.16. The van der Waals surface area contributed by atoms with E-state index in [4.69, 9.17) is 5.73 Å². The molecule has 5 heteroatoms. The van der Waals surface area contributed by atoms with Gasteiger partial charge in [-0.1, -0.05) is 0 Å². The van der Waals surface area contributed by atoms with Crippen LogP contribution in [0.5, 0.6) is 0 Å². The normalized spacial score (nSPS) is 10.5. The smallest absolute Gasteiger partial charge is 0.139 e. The van der Waals surface area contributed by atoms with Gasteiger partial charge in [0.2, 0.25) is 0 Å². The van der Waals surface area contributed by atoms with Crippen molar-refractivity contribution >= 4 is 38.6 Å². The first-order chi connectivity index (χ1) is 8.08. The molecule has 0 fully saturated rings. The zero-order chi connectivity index (χ0) is 12.4. The predicted molar refractivity (Wildman–Crippen MR) is 74.9 cm³/mol. The molecule has 2 rings (SSSR count). The van der Waals surface area contributed by atoms with E-state index in [1.54, 1.807) is 17.4 Å². The second kappa shape index (κ2) is 5.06. The molecule has 90 valence electrons. The number of aryl methyl sites for hydroxylation is 1. The number of benzene rings is 1. The van der Waals surface area contributed by atoms with Crippen LogP contribution in [0.25, 0.3) is 0 Å². The summed E-state index contributed by atoms with van der Waals surface area (Å²) in [6.07, 6.45) is 0. The third-order valence-electron chi connectivity index (χ3n) is 2.50. The van der Waals surface area contributed by atoms with Crippen molar-refractivity contribution in [3.63, 3.8) is 0 Å². The van der Waals surface area contributed by atoms with Crippen LogP contribution in [0.1, 0.15) is 10.4 Å². The van der Waals surface area contributed by atoms with E-state index >= 15 is 0 Å². The number of anilines is 2. The molecular formula is C12H12BrFN2S. The molecule has 1 heterocycles. The molecule has 0 radical (unpaired) electrons. The fourth-order valence-corrected chi connectivity index (χ4v) is 2.67. The summed E-state index contributed by atoms with van der Waals surface area (Å²) in [5.74, 6) is -0.347. The quantitative estimate of drug-likeness (QED) is 0.835. The molecule has 0 saturated heterocycles. The van der Waals surface area contributed by atoms with E-state index in [2.05, 4.69) is 39.6 Å². The van der Waals surface area contributed by atoms with E-state index in [1.807, 2.05) is 0 Å². The van der Waals surface area contributed by atoms with Gasteiger partial charge in [0.05, 0.1) is 15.8 Å². The number of halogens is 2. The van der Waals surface area contributed by atoms with Crippen molar-refractivity contribution in [3.8, 4) is 0 Å². The van der Waals surface area contributed by atoms with Gasteiger partial charge >= 0.3 is 0 Å². The van der Waals surface area contributed by atoms with Crippen LogP contribution >= 0.6 is 27.3 Å². The van der Waals surface area contributed by atoms with Crippen LogP contribution in [-0.2, 0) is 6.54 Å². The van der Waals surface area contributed by atoms with Crippen LogP contribution in [0.4, 0.5) is 15.8 Å². The zero-order valence-electron chi connectivity index (χ0n) is 9.26. The van der Waals surface area contributed by atoms with Gasteiger partial charge in [-0.05, 0) is 45.9 Å². The lowest BCUT2D eigenvalue weighted by molar-refractivity contribution is 0.622. The molecule has 1 aromatic heterocycles. The molecule has 0 saturated carbocycles. The first-order valence-electron chi connectivity index (χ1n) is 5.09. The van der Waals surface area contributed by atoms with Gasteiger partial charge in [-0.3, -0.25) is 0 Å². The number of nitrogens with two attached hydrogens (primary N) is 1. The largest absolute Gasteiger partial charge is 0.397 e. The van der Waals surface area contributed by atoms with E-state index in [1.165, 1.54) is 16.5 Å². The van der Waals surface area contributed by atoms with E-state index in [0.29, 0.717) is 16.7 Å². The topological polar surface area (TPSA) is 38.0 Å². The standard InChI is InChI=1S/C12H12BrFN2S/c1-7-2-3-17-12(7)6-16-11-4-8(13)9(14)5-10(11)15/h2-5,16H,6,15H2,1H3. The molecule has 2 nitrogen and oxygen atoms in total. The number of rotatable bonds is 3. The Kier molecular flexibility index (Phi) is 3.69. The molecule has 0 aliphatic carbocycles. The monoisotopic (exact) mass is 314 g/mol. The summed E-state index contributed by atoms with van der Waals surface area (Å²) in [6.45, 7) is 2.77. The van der Waals surface area contributed by atoms with E-state index in [-0.39, 0.29) is 5.82 Å². The Morgan fingerprint density at radius 2 is 2.24 bits per heavy atom. The van der Waals surface area contributed by atoms with Crippen LogP contribution in [0.15, 0.2) is 28.1 Å². The second-order valence-corrected chi connectivity index (χ2v) is 5.59. The summed E-state index contributed by atoms with van der Waals surface area (Å²) >= 11 is 4.84. The minimum atomic E-state index is -0.347. The molecule has 2 aromatic rings. The fourth-order valence-electron chi connectivity index (χ4n) is 1.48. The molecule has 0 bridgehead atoms. The number of nitrogen functional groups attached to an aromatic ring is 1. The fraction of sp³-hybridized carbons (Fsp3) is 0.167. The minimum Gasteiger partial charge on any atom is -0.397 e. The molecule has 0 unspecified atom stereocenters. The van der Waals surface area contributed by atoms with Crippen molar-refractivity contribution in [2.24, 2.45) is 0 Å². The summed E-state index contributed by atoms with van der Waals surface area (Å²) in [5, 5.41) is 5.26. The summed E-state index contributed by atoms with van der Waals surface area (Å²) < 4.78 is 13.6. The van der Waals surface area contributed by atoms with Gasteiger partial charge in [0.1, 0.15) is 5.82 Å². The molecule has 0 spiro atoms. The first-order valence-corrected chi connectivity index (χ1v) is 6.76. The molecular weight excluding hydrogens is 303 g/mol. The van der Waals surface area contributed by atoms with E-state index in [9.17, 15) is 4.39 Å². The first kappa shape index (κ1) is 12.4. The van der Waals surface area contributed by atoms with Crippen LogP contribution in [-0.4, -0.2) is 0 Å². The maximum atomic E-state index is 13.2. The Bertz CT molecular complexity index is 539. The highest BCUT2D eigenvalue weighted by Crippen LogP contribution is 2.27. The number of hydrogen-bond donors (Lipinski definition) is 2. The predicted octanol–water partition coefficient (Wildman–Crippen LogP) is 4.15. The van der Waals surface area contributed by atoms with Gasteiger partial charge in [-0.25, -0.2) is 4.39 Å². The molecule has 0 amide bonds. The van der Waals surface area contributed by atoms with Crippen LogP contribution in [0.2, 0.25) is 0 Å². The summed E-state index contributed by atoms with van der Waals surface area (Å²) in [7, 11) is 0. The summed E-state index contributed by atoms with van der Waals surface area (Å²) in [6, 6.07) is 5.05. The third-order valence-corrected chi connectivity index (χ3v) is 4.13. The Balaban J connectivity index is 2.14. The van der Waals surface area contributed by atoms with Crippen molar-refractivity contribution in [1.29, 1.82) is 0 Å². The Morgan fingerprint density at radius 1 is 1.47 bits per heavy atom. The van der Waals surface area contributed by atoms with Gasteiger partial charge in [-0.15, -0.1) is 11.3 Å². The zero-order valence-corrected chi connectivity index (χ0v) is 11.7. The van der Waals surface area contributed by atoms with Gasteiger partial charge in [0, 0.05) is 17.5 Å². The van der Waals surface area contributed by atoms with Crippen molar-refractivity contribution in [2.45, 2.75) is 13.5 Å². The average Bonchev–Trinajstić information content (AvgIpc) is 2.68. The Labute approximate surface area is 112 Å². The van der Waals surface area contributed by atoms with Crippen molar-refractivity contribution in [2.75, 3.05) is 11.1 Å². The van der Waals surface area contributed by atoms with Crippen LogP contribution in [0, 0.1) is 12.7 Å². The van der Waals surface area contributed by atoms with Gasteiger partial charge in [0.25, 0.3) is 0 Å². The molecule has 0 aliphatic heterocycles. The number of hydrogen-bond acceptors (Lipinski definition) is 3. The lowest BCUT2D eigenvalue weighted by atomic mass is 10.2. The SMILES string of the molecule is Cc1ccsc1CNc1cc(Br)c(F)cc1N. The molecule has 17 heavy (non-hydrogen) atoms. The molecule has 0 atom stereocenters. The highest BCUT2D eigenvalue weighted by molar-refractivity contribution is 9.10. The maximum Gasteiger partial charge on any atom is 0.139 e. The van der Waals surface area contributed by atoms with E-state index in [0.717, 1.165) is 5.69 Å². The van der Waals surface area contributed by atoms with E-state index < -0.39 is 0 Å². The van der Waals surface area contributed by atoms with Crippen molar-refractivity contribution in [1.82, 2.24) is 0 Å². The van der Waals surface area contributed by atoms with Crippen molar-refractivity contribution in [3.05, 3.63) is 44.3 Å². The lowest BCUT2D eigenvalue weighted by Gasteiger charge is -2.10. The summed E-state index contributed by atoms with van der Waals surface area (Å²) in [4.78, 5) is 1.25. The maximum absolute atomic E-state index is 13.2. The highest BCUT2D eigenvalue weighted by Gasteiger charge is 2.06. The Hall–Kier alpha value is -1.07. The lowest BCUT2D eigenvalue weighted by Crippen LogP contribution is -2.02. The second-order valence-electron chi connectivity index (χ2n) is 3.73. The van der Waals surface area contributed by atoms with Crippen LogP contribution < -0.4 is 11.1 Å². The van der Waals surface area contributed by atoms with Crippen molar-refractivity contribution < 1.29 is 4.39 Å². The van der Waals surface area contributed by atoms with Gasteiger partial charge in [0.15, 0.2) is 0 Å². The molecule has 0 aliphatic rings. The highest BCUT2D eigenvalue weighted by atomic mass is 79.9. The van der Waals surface area contributed by atoms with Crippen LogP contribution in [0.3, 0.4) is 0 Å². The Morgan fingerprint density at radius 3 is 2.88 bits per heavy atom. The van der Waals surface area contributed by atoms with Gasteiger partial charge < -0.3 is 11.1 Å². The molecule has 1 aromatic carbocycles. The minimum absolute atomic E-state index is 0.347. The number of nitrogens with one attached hydrogen (secondary N) is 1. The number of thiophene rings is 1. The van der Waals surface area contributed by atoms with Gasteiger partial charge in [-0.2, -0.15) is 0 Å². The third kappa shape index (κ3) is 2.79. The average molecular weight is 315 g/mol.